The van der Waals surface area contributed by atoms with Gasteiger partial charge >= 0.3 is 0 Å². The fraction of sp³-hybridized carbons (Fsp3) is 0.667. The van der Waals surface area contributed by atoms with Gasteiger partial charge in [0.05, 0.1) is 22.8 Å². The van der Waals surface area contributed by atoms with Crippen molar-refractivity contribution in [1.29, 1.82) is 0 Å². The lowest BCUT2D eigenvalue weighted by Crippen LogP contribution is -2.28. The predicted molar refractivity (Wildman–Crippen MR) is 59.3 cm³/mol. The molecule has 0 saturated heterocycles. The van der Waals surface area contributed by atoms with Crippen LogP contribution >= 0.6 is 15.9 Å². The Bertz CT molecular complexity index is 311. The Morgan fingerprint density at radius 1 is 1.57 bits per heavy atom. The van der Waals surface area contributed by atoms with E-state index in [0.29, 0.717) is 13.1 Å². The first-order valence-electron chi connectivity index (χ1n) is 4.58. The molecule has 1 heterocycles. The predicted octanol–water partition coefficient (Wildman–Crippen LogP) is 0.843. The van der Waals surface area contributed by atoms with Crippen molar-refractivity contribution in [2.45, 2.75) is 26.5 Å². The number of aliphatic hydroxyl groups is 1. The molecule has 2 N–H and O–H groups in total. The van der Waals surface area contributed by atoms with Crippen molar-refractivity contribution in [3.8, 4) is 0 Å². The quantitative estimate of drug-likeness (QED) is 0.845. The van der Waals surface area contributed by atoms with Gasteiger partial charge in [-0.1, -0.05) is 0 Å². The van der Waals surface area contributed by atoms with Crippen LogP contribution in [0.15, 0.2) is 4.47 Å². The van der Waals surface area contributed by atoms with Crippen LogP contribution in [0.2, 0.25) is 0 Å². The summed E-state index contributed by atoms with van der Waals surface area (Å²) in [4.78, 5) is 0. The minimum atomic E-state index is -0.398. The second kappa shape index (κ2) is 4.91. The zero-order chi connectivity index (χ0) is 10.7. The van der Waals surface area contributed by atoms with E-state index in [9.17, 15) is 5.11 Å². The number of nitrogens with zero attached hydrogens (tertiary/aromatic N) is 2. The molecular weight excluding hydrogens is 246 g/mol. The molecule has 1 aromatic heterocycles. The van der Waals surface area contributed by atoms with E-state index in [4.69, 9.17) is 0 Å². The van der Waals surface area contributed by atoms with E-state index in [1.807, 2.05) is 25.6 Å². The lowest BCUT2D eigenvalue weighted by Gasteiger charge is -2.11. The maximum absolute atomic E-state index is 9.59. The van der Waals surface area contributed by atoms with Crippen molar-refractivity contribution < 1.29 is 5.11 Å². The first-order chi connectivity index (χ1) is 6.56. The van der Waals surface area contributed by atoms with Gasteiger partial charge in [0.25, 0.3) is 0 Å². The van der Waals surface area contributed by atoms with Gasteiger partial charge in [-0.05, 0) is 36.8 Å². The van der Waals surface area contributed by atoms with Crippen molar-refractivity contribution in [2.75, 3.05) is 13.6 Å². The number of aryl methyl sites for hydroxylation is 1. The second-order valence-corrected chi connectivity index (χ2v) is 4.17. The molecule has 0 aliphatic heterocycles. The summed E-state index contributed by atoms with van der Waals surface area (Å²) < 4.78 is 2.84. The summed E-state index contributed by atoms with van der Waals surface area (Å²) in [7, 11) is 1.82. The standard InChI is InChI=1S/C9H16BrN3O/c1-6-9(10)7(2)13(12-6)5-8(14)4-11-3/h8,11,14H,4-5H2,1-3H3. The van der Waals surface area contributed by atoms with Crippen molar-refractivity contribution >= 4 is 15.9 Å². The molecule has 14 heavy (non-hydrogen) atoms. The number of likely N-dealkylation sites (N-methyl/N-ethyl adjacent to an activating group) is 1. The summed E-state index contributed by atoms with van der Waals surface area (Å²) in [5.41, 5.74) is 2.01. The number of hydrogen-bond donors (Lipinski definition) is 2. The maximum Gasteiger partial charge on any atom is 0.0860 e. The highest BCUT2D eigenvalue weighted by Crippen LogP contribution is 2.19. The molecule has 0 radical (unpaired) electrons. The van der Waals surface area contributed by atoms with Crippen molar-refractivity contribution in [3.63, 3.8) is 0 Å². The largest absolute Gasteiger partial charge is 0.390 e. The minimum absolute atomic E-state index is 0.398. The first kappa shape index (κ1) is 11.7. The zero-order valence-corrected chi connectivity index (χ0v) is 10.3. The summed E-state index contributed by atoms with van der Waals surface area (Å²) in [6, 6.07) is 0. The van der Waals surface area contributed by atoms with Gasteiger partial charge in [0.15, 0.2) is 0 Å². The van der Waals surface area contributed by atoms with Crippen LogP contribution in [0.1, 0.15) is 11.4 Å². The summed E-state index contributed by atoms with van der Waals surface area (Å²) >= 11 is 3.45. The third-order valence-corrected chi connectivity index (χ3v) is 3.26. The van der Waals surface area contributed by atoms with Gasteiger partial charge in [0.2, 0.25) is 0 Å². The fourth-order valence-corrected chi connectivity index (χ4v) is 1.64. The van der Waals surface area contributed by atoms with E-state index < -0.39 is 6.10 Å². The topological polar surface area (TPSA) is 50.1 Å². The molecule has 0 fully saturated rings. The molecule has 0 amide bonds. The number of aliphatic hydroxyl groups excluding tert-OH is 1. The highest BCUT2D eigenvalue weighted by Gasteiger charge is 2.11. The number of halogens is 1. The molecule has 80 valence electrons. The van der Waals surface area contributed by atoms with E-state index in [2.05, 4.69) is 26.3 Å². The van der Waals surface area contributed by atoms with Crippen LogP contribution in [0.5, 0.6) is 0 Å². The Morgan fingerprint density at radius 3 is 2.64 bits per heavy atom. The lowest BCUT2D eigenvalue weighted by molar-refractivity contribution is 0.148. The average Bonchev–Trinajstić information content (AvgIpc) is 2.34. The Morgan fingerprint density at radius 2 is 2.21 bits per heavy atom. The zero-order valence-electron chi connectivity index (χ0n) is 8.71. The van der Waals surface area contributed by atoms with Gasteiger partial charge in [-0.2, -0.15) is 5.10 Å². The van der Waals surface area contributed by atoms with Crippen LogP contribution in [0.3, 0.4) is 0 Å². The van der Waals surface area contributed by atoms with E-state index in [-0.39, 0.29) is 0 Å². The van der Waals surface area contributed by atoms with E-state index in [0.717, 1.165) is 15.9 Å². The second-order valence-electron chi connectivity index (χ2n) is 3.38. The Kier molecular flexibility index (Phi) is 4.10. The molecule has 4 nitrogen and oxygen atoms in total. The van der Waals surface area contributed by atoms with E-state index in [1.54, 1.807) is 0 Å². The van der Waals surface area contributed by atoms with Crippen LogP contribution < -0.4 is 5.32 Å². The van der Waals surface area contributed by atoms with Gasteiger partial charge in [-0.3, -0.25) is 4.68 Å². The van der Waals surface area contributed by atoms with E-state index >= 15 is 0 Å². The van der Waals surface area contributed by atoms with Crippen LogP contribution in [0, 0.1) is 13.8 Å². The van der Waals surface area contributed by atoms with Crippen LogP contribution in [-0.4, -0.2) is 34.6 Å². The van der Waals surface area contributed by atoms with Gasteiger partial charge < -0.3 is 10.4 Å². The normalized spacial score (nSPS) is 13.2. The van der Waals surface area contributed by atoms with Crippen LogP contribution in [-0.2, 0) is 6.54 Å². The number of nitrogens with one attached hydrogen (secondary N) is 1. The third-order valence-electron chi connectivity index (χ3n) is 2.12. The molecule has 0 spiro atoms. The van der Waals surface area contributed by atoms with Gasteiger partial charge in [0, 0.05) is 12.2 Å². The summed E-state index contributed by atoms with van der Waals surface area (Å²) in [6.07, 6.45) is -0.398. The number of hydrogen-bond acceptors (Lipinski definition) is 3. The van der Waals surface area contributed by atoms with Crippen LogP contribution in [0.4, 0.5) is 0 Å². The number of aromatic nitrogens is 2. The monoisotopic (exact) mass is 261 g/mol. The van der Waals surface area contributed by atoms with Gasteiger partial charge in [-0.15, -0.1) is 0 Å². The molecule has 0 saturated carbocycles. The van der Waals surface area contributed by atoms with Crippen molar-refractivity contribution in [3.05, 3.63) is 15.9 Å². The Hall–Kier alpha value is -0.390. The highest BCUT2D eigenvalue weighted by atomic mass is 79.9. The molecule has 0 aliphatic carbocycles. The summed E-state index contributed by atoms with van der Waals surface area (Å²) in [5, 5.41) is 16.8. The van der Waals surface area contributed by atoms with Gasteiger partial charge in [0.1, 0.15) is 0 Å². The molecule has 1 rings (SSSR count). The smallest absolute Gasteiger partial charge is 0.0860 e. The molecule has 0 aliphatic rings. The fourth-order valence-electron chi connectivity index (χ4n) is 1.35. The average molecular weight is 262 g/mol. The number of rotatable bonds is 4. The molecule has 1 aromatic rings. The first-order valence-corrected chi connectivity index (χ1v) is 5.37. The Labute approximate surface area is 92.4 Å². The molecule has 1 unspecified atom stereocenters. The molecular formula is C9H16BrN3O. The third kappa shape index (κ3) is 2.56. The molecule has 5 heteroatoms. The molecule has 0 bridgehead atoms. The molecule has 0 aromatic carbocycles. The molecule has 1 atom stereocenters. The summed E-state index contributed by atoms with van der Waals surface area (Å²) in [6.45, 7) is 5.03. The Balaban J connectivity index is 2.72. The minimum Gasteiger partial charge on any atom is -0.390 e. The maximum atomic E-state index is 9.59. The lowest BCUT2D eigenvalue weighted by atomic mass is 10.3. The summed E-state index contributed by atoms with van der Waals surface area (Å²) in [5.74, 6) is 0. The van der Waals surface area contributed by atoms with Crippen LogP contribution in [0.25, 0.3) is 0 Å². The van der Waals surface area contributed by atoms with Crippen molar-refractivity contribution in [2.24, 2.45) is 0 Å². The van der Waals surface area contributed by atoms with Gasteiger partial charge in [-0.25, -0.2) is 0 Å². The highest BCUT2D eigenvalue weighted by molar-refractivity contribution is 9.10. The van der Waals surface area contributed by atoms with Crippen molar-refractivity contribution in [1.82, 2.24) is 15.1 Å². The SMILES string of the molecule is CNCC(O)Cn1nc(C)c(Br)c1C. The van der Waals surface area contributed by atoms with E-state index in [1.165, 1.54) is 0 Å².